The summed E-state index contributed by atoms with van der Waals surface area (Å²) < 4.78 is 12.8. The lowest BCUT2D eigenvalue weighted by Gasteiger charge is -2.21. The number of amidine groups is 1. The van der Waals surface area contributed by atoms with Gasteiger partial charge < -0.3 is 20.1 Å². The van der Waals surface area contributed by atoms with E-state index >= 15 is 0 Å². The van der Waals surface area contributed by atoms with Crippen LogP contribution in [0.15, 0.2) is 78.9 Å². The van der Waals surface area contributed by atoms with Crippen molar-refractivity contribution >= 4 is 44.9 Å². The van der Waals surface area contributed by atoms with Crippen molar-refractivity contribution in [2.24, 2.45) is 5.73 Å². The maximum Gasteiger partial charge on any atom is 0.411 e. The number of nitrogens with zero attached hydrogens (tertiary/aromatic N) is 1. The number of carbonyl (C=O) groups is 2. The molecule has 8 nitrogen and oxygen atoms in total. The van der Waals surface area contributed by atoms with E-state index in [1.807, 2.05) is 54.6 Å². The minimum Gasteiger partial charge on any atom is -0.481 e. The molecule has 0 fully saturated rings. The van der Waals surface area contributed by atoms with E-state index in [0.717, 1.165) is 15.6 Å². The van der Waals surface area contributed by atoms with Gasteiger partial charge in [0.1, 0.15) is 18.2 Å². The molecule has 1 unspecified atom stereocenters. The Balaban J connectivity index is 1.53. The van der Waals surface area contributed by atoms with Crippen molar-refractivity contribution in [1.82, 2.24) is 4.90 Å². The third kappa shape index (κ3) is 5.64. The lowest BCUT2D eigenvalue weighted by atomic mass is 10.1. The number of para-hydroxylation sites is 1. The van der Waals surface area contributed by atoms with Gasteiger partial charge in [0.05, 0.1) is 16.1 Å². The van der Waals surface area contributed by atoms with Crippen molar-refractivity contribution in [2.75, 3.05) is 26.0 Å². The number of nitrogens with two attached hydrogens (primary N) is 1. The first kappa shape index (κ1) is 24.7. The summed E-state index contributed by atoms with van der Waals surface area (Å²) in [7, 11) is 3.29. The van der Waals surface area contributed by atoms with Crippen molar-refractivity contribution in [2.45, 2.75) is 6.10 Å². The Bertz CT molecular complexity index is 1400. The van der Waals surface area contributed by atoms with Crippen molar-refractivity contribution in [3.8, 4) is 5.75 Å². The minimum absolute atomic E-state index is 0.00482. The van der Waals surface area contributed by atoms with Crippen molar-refractivity contribution < 1.29 is 19.1 Å². The predicted octanol–water partition coefficient (Wildman–Crippen LogP) is 5.26. The molecule has 184 valence electrons. The summed E-state index contributed by atoms with van der Waals surface area (Å²) >= 11 is 1.41. The number of amides is 2. The Morgan fingerprint density at radius 1 is 1.03 bits per heavy atom. The van der Waals surface area contributed by atoms with Gasteiger partial charge in [0.25, 0.3) is 5.91 Å². The highest BCUT2D eigenvalue weighted by molar-refractivity contribution is 7.20. The second-order valence-corrected chi connectivity index (χ2v) is 9.26. The van der Waals surface area contributed by atoms with Crippen LogP contribution in [0.3, 0.4) is 0 Å². The molecule has 0 aliphatic rings. The summed E-state index contributed by atoms with van der Waals surface area (Å²) in [6.07, 6.45) is -1.30. The number of benzene rings is 3. The van der Waals surface area contributed by atoms with Crippen LogP contribution < -0.4 is 15.8 Å². The van der Waals surface area contributed by atoms with Crippen LogP contribution >= 0.6 is 11.3 Å². The second kappa shape index (κ2) is 10.9. The molecule has 36 heavy (non-hydrogen) atoms. The summed E-state index contributed by atoms with van der Waals surface area (Å²) in [6, 6.07) is 23.7. The lowest BCUT2D eigenvalue weighted by molar-refractivity contribution is 0.0828. The van der Waals surface area contributed by atoms with Crippen molar-refractivity contribution in [3.63, 3.8) is 0 Å². The summed E-state index contributed by atoms with van der Waals surface area (Å²) in [5.74, 6) is 0.357. The monoisotopic (exact) mass is 502 g/mol. The zero-order chi connectivity index (χ0) is 25.7. The van der Waals surface area contributed by atoms with E-state index < -0.39 is 12.2 Å². The van der Waals surface area contributed by atoms with Crippen LogP contribution in [0.2, 0.25) is 0 Å². The van der Waals surface area contributed by atoms with E-state index in [-0.39, 0.29) is 18.3 Å². The van der Waals surface area contributed by atoms with Gasteiger partial charge in [0, 0.05) is 24.2 Å². The molecule has 4 N–H and O–H groups in total. The van der Waals surface area contributed by atoms with Gasteiger partial charge >= 0.3 is 6.09 Å². The number of thiophene rings is 1. The topological polar surface area (TPSA) is 118 Å². The quantitative estimate of drug-likeness (QED) is 0.224. The Hall–Kier alpha value is -4.37. The van der Waals surface area contributed by atoms with Crippen molar-refractivity contribution in [3.05, 3.63) is 94.9 Å². The van der Waals surface area contributed by atoms with Gasteiger partial charge in [-0.1, -0.05) is 48.5 Å². The van der Waals surface area contributed by atoms with Crippen molar-refractivity contribution in [1.29, 1.82) is 5.41 Å². The fourth-order valence-corrected chi connectivity index (χ4v) is 4.55. The average molecular weight is 503 g/mol. The number of nitrogen functional groups attached to an aromatic ring is 1. The summed E-state index contributed by atoms with van der Waals surface area (Å²) in [6.45, 7) is -0.0697. The Kier molecular flexibility index (Phi) is 7.50. The van der Waals surface area contributed by atoms with E-state index in [0.29, 0.717) is 21.9 Å². The molecule has 2 amide bonds. The Labute approximate surface area is 212 Å². The molecule has 0 saturated heterocycles. The fraction of sp³-hybridized carbons (Fsp3) is 0.148. The molecule has 4 rings (SSSR count). The molecule has 1 atom stereocenters. The molecule has 0 spiro atoms. The molecule has 0 radical (unpaired) electrons. The molecular weight excluding hydrogens is 476 g/mol. The third-order valence-electron chi connectivity index (χ3n) is 5.39. The van der Waals surface area contributed by atoms with Crippen LogP contribution in [0.5, 0.6) is 5.75 Å². The average Bonchev–Trinajstić information content (AvgIpc) is 3.33. The largest absolute Gasteiger partial charge is 0.481 e. The predicted molar refractivity (Wildman–Crippen MR) is 142 cm³/mol. The van der Waals surface area contributed by atoms with Gasteiger partial charge in [0.15, 0.2) is 6.10 Å². The number of anilines is 1. The summed E-state index contributed by atoms with van der Waals surface area (Å²) in [5.41, 5.74) is 7.22. The fourth-order valence-electron chi connectivity index (χ4n) is 3.61. The molecular formula is C27H26N4O4S. The van der Waals surface area contributed by atoms with Crippen LogP contribution in [-0.4, -0.2) is 43.4 Å². The van der Waals surface area contributed by atoms with Gasteiger partial charge in [-0.15, -0.1) is 11.3 Å². The molecule has 4 aromatic rings. The van der Waals surface area contributed by atoms with Crippen LogP contribution in [0.25, 0.3) is 10.1 Å². The first-order valence-electron chi connectivity index (χ1n) is 11.2. The van der Waals surface area contributed by atoms with Crippen LogP contribution in [0.1, 0.15) is 26.9 Å². The molecule has 0 saturated carbocycles. The Morgan fingerprint density at radius 2 is 1.75 bits per heavy atom. The minimum atomic E-state index is -0.703. The van der Waals surface area contributed by atoms with Gasteiger partial charge in [-0.2, -0.15) is 0 Å². The number of hydrogen-bond acceptors (Lipinski definition) is 6. The van der Waals surface area contributed by atoms with Crippen LogP contribution in [0.4, 0.5) is 10.5 Å². The number of nitrogens with one attached hydrogen (secondary N) is 2. The maximum atomic E-state index is 12.7. The maximum absolute atomic E-state index is 12.7. The highest BCUT2D eigenvalue weighted by Gasteiger charge is 2.20. The molecule has 0 bridgehead atoms. The van der Waals surface area contributed by atoms with E-state index in [1.165, 1.54) is 16.2 Å². The SMILES string of the molecule is CN(C)C(=O)c1ccccc1NC(=O)OCC(Oc1cccc2sc(C(=N)N)cc12)c1ccccc1. The Morgan fingerprint density at radius 3 is 2.47 bits per heavy atom. The smallest absolute Gasteiger partial charge is 0.411 e. The standard InChI is InChI=1S/C27H26N4O4S/c1-31(2)26(32)18-11-6-7-12-20(18)30-27(33)34-16-22(17-9-4-3-5-10-17)35-21-13-8-14-23-19(21)15-24(36-23)25(28)29/h3-15,22H,16H2,1-2H3,(H3,28,29)(H,30,33). The highest BCUT2D eigenvalue weighted by atomic mass is 32.1. The first-order chi connectivity index (χ1) is 17.3. The van der Waals surface area contributed by atoms with Gasteiger partial charge in [-0.25, -0.2) is 4.79 Å². The lowest BCUT2D eigenvalue weighted by Crippen LogP contribution is -2.25. The summed E-state index contributed by atoms with van der Waals surface area (Å²) in [4.78, 5) is 27.2. The molecule has 1 aromatic heterocycles. The number of rotatable bonds is 8. The number of ether oxygens (including phenoxy) is 2. The summed E-state index contributed by atoms with van der Waals surface area (Å²) in [5, 5.41) is 11.2. The molecule has 3 aromatic carbocycles. The third-order valence-corrected chi connectivity index (χ3v) is 6.53. The van der Waals surface area contributed by atoms with E-state index in [1.54, 1.807) is 38.4 Å². The zero-order valence-electron chi connectivity index (χ0n) is 19.9. The van der Waals surface area contributed by atoms with Gasteiger partial charge in [-0.05, 0) is 35.9 Å². The van der Waals surface area contributed by atoms with Crippen LogP contribution in [0, 0.1) is 5.41 Å². The molecule has 1 heterocycles. The van der Waals surface area contributed by atoms with Gasteiger partial charge in [0.2, 0.25) is 0 Å². The van der Waals surface area contributed by atoms with Gasteiger partial charge in [-0.3, -0.25) is 15.5 Å². The van der Waals surface area contributed by atoms with E-state index in [9.17, 15) is 9.59 Å². The number of fused-ring (bicyclic) bond motifs is 1. The molecule has 9 heteroatoms. The van der Waals surface area contributed by atoms with E-state index in [2.05, 4.69) is 5.32 Å². The highest BCUT2D eigenvalue weighted by Crippen LogP contribution is 2.35. The number of hydrogen-bond donors (Lipinski definition) is 3. The zero-order valence-corrected chi connectivity index (χ0v) is 20.7. The molecule has 0 aliphatic heterocycles. The van der Waals surface area contributed by atoms with E-state index in [4.69, 9.17) is 20.6 Å². The first-order valence-corrected chi connectivity index (χ1v) is 12.0. The normalized spacial score (nSPS) is 11.5. The molecule has 0 aliphatic carbocycles. The number of carbonyl (C=O) groups excluding carboxylic acids is 2. The second-order valence-electron chi connectivity index (χ2n) is 8.18. The van der Waals surface area contributed by atoms with Crippen LogP contribution in [-0.2, 0) is 4.74 Å².